The highest BCUT2D eigenvalue weighted by Gasteiger charge is 2.16. The monoisotopic (exact) mass is 295 g/mol. The van der Waals surface area contributed by atoms with Crippen molar-refractivity contribution in [1.82, 2.24) is 10.3 Å². The Balaban J connectivity index is 2.73. The fraction of sp³-hybridized carbons (Fsp3) is 0.538. The largest absolute Gasteiger partial charge is 0.370 e. The smallest absolute Gasteiger partial charge is 0.311 e. The first-order valence-corrected chi connectivity index (χ1v) is 6.84. The first-order valence-electron chi connectivity index (χ1n) is 6.84. The SMILES string of the molecule is CCNc1ccc([N+](=O)[O-])c(NCC(=O)NCC(C)C)n1. The Hall–Kier alpha value is -2.38. The third kappa shape index (κ3) is 5.64. The number of anilines is 2. The normalized spacial score (nSPS) is 10.3. The maximum absolute atomic E-state index is 11.6. The second-order valence-corrected chi connectivity index (χ2v) is 4.90. The molecular weight excluding hydrogens is 274 g/mol. The number of carbonyl (C=O) groups excluding carboxylic acids is 1. The third-order valence-electron chi connectivity index (χ3n) is 2.55. The van der Waals surface area contributed by atoms with Crippen molar-refractivity contribution in [3.8, 4) is 0 Å². The van der Waals surface area contributed by atoms with Crippen molar-refractivity contribution in [3.63, 3.8) is 0 Å². The van der Waals surface area contributed by atoms with Crippen LogP contribution in [0.15, 0.2) is 12.1 Å². The number of aromatic nitrogens is 1. The van der Waals surface area contributed by atoms with Crippen LogP contribution in [0.5, 0.6) is 0 Å². The Labute approximate surface area is 123 Å². The predicted octanol–water partition coefficient (Wildman–Crippen LogP) is 1.61. The molecule has 3 N–H and O–H groups in total. The van der Waals surface area contributed by atoms with E-state index in [4.69, 9.17) is 0 Å². The van der Waals surface area contributed by atoms with Gasteiger partial charge < -0.3 is 16.0 Å². The molecule has 21 heavy (non-hydrogen) atoms. The van der Waals surface area contributed by atoms with Gasteiger partial charge in [0.1, 0.15) is 5.82 Å². The summed E-state index contributed by atoms with van der Waals surface area (Å²) in [5.74, 6) is 0.721. The summed E-state index contributed by atoms with van der Waals surface area (Å²) >= 11 is 0. The van der Waals surface area contributed by atoms with E-state index in [0.29, 0.717) is 24.8 Å². The summed E-state index contributed by atoms with van der Waals surface area (Å²) in [6.45, 7) is 7.03. The average Bonchev–Trinajstić information content (AvgIpc) is 2.43. The Morgan fingerprint density at radius 3 is 2.67 bits per heavy atom. The lowest BCUT2D eigenvalue weighted by Crippen LogP contribution is -2.32. The second-order valence-electron chi connectivity index (χ2n) is 4.90. The summed E-state index contributed by atoms with van der Waals surface area (Å²) in [4.78, 5) is 26.2. The van der Waals surface area contributed by atoms with Crippen LogP contribution in [0.4, 0.5) is 17.3 Å². The number of pyridine rings is 1. The van der Waals surface area contributed by atoms with Gasteiger partial charge in [0.25, 0.3) is 0 Å². The summed E-state index contributed by atoms with van der Waals surface area (Å²) in [7, 11) is 0. The molecule has 0 spiro atoms. The molecule has 0 saturated heterocycles. The van der Waals surface area contributed by atoms with Crippen LogP contribution < -0.4 is 16.0 Å². The van der Waals surface area contributed by atoms with Crippen LogP contribution >= 0.6 is 0 Å². The molecule has 116 valence electrons. The van der Waals surface area contributed by atoms with E-state index in [0.717, 1.165) is 0 Å². The molecule has 0 radical (unpaired) electrons. The van der Waals surface area contributed by atoms with E-state index < -0.39 is 4.92 Å². The molecule has 1 rings (SSSR count). The number of nitrogens with one attached hydrogen (secondary N) is 3. The van der Waals surface area contributed by atoms with Crippen LogP contribution in [0.2, 0.25) is 0 Å². The number of nitrogens with zero attached hydrogens (tertiary/aromatic N) is 2. The van der Waals surface area contributed by atoms with Crippen LogP contribution in [0.25, 0.3) is 0 Å². The Bertz CT molecular complexity index is 505. The summed E-state index contributed by atoms with van der Waals surface area (Å²) < 4.78 is 0. The zero-order valence-corrected chi connectivity index (χ0v) is 12.5. The molecule has 1 amide bonds. The minimum Gasteiger partial charge on any atom is -0.370 e. The first-order chi connectivity index (χ1) is 9.93. The van der Waals surface area contributed by atoms with Crippen LogP contribution in [0.1, 0.15) is 20.8 Å². The van der Waals surface area contributed by atoms with Gasteiger partial charge in [-0.15, -0.1) is 0 Å². The molecule has 0 aromatic carbocycles. The molecule has 0 fully saturated rings. The molecule has 0 aliphatic carbocycles. The van der Waals surface area contributed by atoms with Crippen LogP contribution in [0.3, 0.4) is 0 Å². The number of hydrogen-bond acceptors (Lipinski definition) is 6. The summed E-state index contributed by atoms with van der Waals surface area (Å²) in [6, 6.07) is 2.89. The van der Waals surface area contributed by atoms with Gasteiger partial charge in [-0.2, -0.15) is 0 Å². The highest BCUT2D eigenvalue weighted by Crippen LogP contribution is 2.23. The van der Waals surface area contributed by atoms with Gasteiger partial charge in [0, 0.05) is 19.2 Å². The molecule has 1 aromatic heterocycles. The van der Waals surface area contributed by atoms with Gasteiger partial charge in [0.05, 0.1) is 11.5 Å². The Kier molecular flexibility index (Phi) is 6.38. The van der Waals surface area contributed by atoms with Crippen LogP contribution in [0, 0.1) is 16.0 Å². The van der Waals surface area contributed by atoms with Crippen molar-refractivity contribution in [3.05, 3.63) is 22.2 Å². The predicted molar refractivity (Wildman–Crippen MR) is 81.4 cm³/mol. The van der Waals surface area contributed by atoms with Crippen molar-refractivity contribution in [2.24, 2.45) is 5.92 Å². The minimum atomic E-state index is -0.531. The molecule has 8 heteroatoms. The van der Waals surface area contributed by atoms with E-state index in [1.165, 1.54) is 12.1 Å². The maximum atomic E-state index is 11.6. The lowest BCUT2D eigenvalue weighted by atomic mass is 10.2. The van der Waals surface area contributed by atoms with Gasteiger partial charge in [-0.3, -0.25) is 14.9 Å². The van der Waals surface area contributed by atoms with E-state index in [2.05, 4.69) is 20.9 Å². The molecular formula is C13H21N5O3. The minimum absolute atomic E-state index is 0.0594. The summed E-state index contributed by atoms with van der Waals surface area (Å²) in [5, 5.41) is 19.4. The highest BCUT2D eigenvalue weighted by molar-refractivity contribution is 5.81. The molecule has 0 saturated carbocycles. The molecule has 8 nitrogen and oxygen atoms in total. The first kappa shape index (κ1) is 16.7. The average molecular weight is 295 g/mol. The molecule has 0 aliphatic heterocycles. The fourth-order valence-electron chi connectivity index (χ4n) is 1.55. The molecule has 0 bridgehead atoms. The number of hydrogen-bond donors (Lipinski definition) is 3. The van der Waals surface area contributed by atoms with Crippen molar-refractivity contribution in [2.45, 2.75) is 20.8 Å². The van der Waals surface area contributed by atoms with Crippen LogP contribution in [-0.2, 0) is 4.79 Å². The standard InChI is InChI=1S/C13H21N5O3/c1-4-14-11-6-5-10(18(20)21)13(17-11)16-8-12(19)15-7-9(2)3/h5-6,9H,4,7-8H2,1-3H3,(H,15,19)(H2,14,16,17). The van der Waals surface area contributed by atoms with Crippen LogP contribution in [-0.4, -0.2) is 35.4 Å². The molecule has 0 atom stereocenters. The van der Waals surface area contributed by atoms with Gasteiger partial charge in [0.2, 0.25) is 11.7 Å². The van der Waals surface area contributed by atoms with Crippen molar-refractivity contribution in [2.75, 3.05) is 30.3 Å². The van der Waals surface area contributed by atoms with E-state index >= 15 is 0 Å². The van der Waals surface area contributed by atoms with E-state index in [1.54, 1.807) is 0 Å². The van der Waals surface area contributed by atoms with Gasteiger partial charge >= 0.3 is 5.69 Å². The number of rotatable bonds is 8. The number of carbonyl (C=O) groups is 1. The Morgan fingerprint density at radius 1 is 1.38 bits per heavy atom. The topological polar surface area (TPSA) is 109 Å². The zero-order chi connectivity index (χ0) is 15.8. The number of nitro groups is 1. The van der Waals surface area contributed by atoms with E-state index in [-0.39, 0.29) is 24.0 Å². The third-order valence-corrected chi connectivity index (χ3v) is 2.55. The summed E-state index contributed by atoms with van der Waals surface area (Å²) in [6.07, 6.45) is 0. The molecule has 1 aromatic rings. The zero-order valence-electron chi connectivity index (χ0n) is 12.5. The fourth-order valence-corrected chi connectivity index (χ4v) is 1.55. The van der Waals surface area contributed by atoms with Crippen molar-refractivity contribution >= 4 is 23.2 Å². The van der Waals surface area contributed by atoms with Crippen molar-refractivity contribution in [1.29, 1.82) is 0 Å². The highest BCUT2D eigenvalue weighted by atomic mass is 16.6. The molecule has 0 aliphatic rings. The number of amides is 1. The second kappa shape index (κ2) is 8.03. The molecule has 1 heterocycles. The van der Waals surface area contributed by atoms with E-state index in [9.17, 15) is 14.9 Å². The summed E-state index contributed by atoms with van der Waals surface area (Å²) in [5.41, 5.74) is -0.159. The maximum Gasteiger partial charge on any atom is 0.311 e. The van der Waals surface area contributed by atoms with Gasteiger partial charge in [-0.1, -0.05) is 13.8 Å². The lowest BCUT2D eigenvalue weighted by Gasteiger charge is -2.10. The van der Waals surface area contributed by atoms with Crippen molar-refractivity contribution < 1.29 is 9.72 Å². The quantitative estimate of drug-likeness (QED) is 0.496. The molecule has 0 unspecified atom stereocenters. The Morgan fingerprint density at radius 2 is 2.10 bits per heavy atom. The van der Waals surface area contributed by atoms with E-state index in [1.807, 2.05) is 20.8 Å². The van der Waals surface area contributed by atoms with Gasteiger partial charge in [0.15, 0.2) is 0 Å². The van der Waals surface area contributed by atoms with Gasteiger partial charge in [-0.25, -0.2) is 4.98 Å². The van der Waals surface area contributed by atoms with Gasteiger partial charge in [-0.05, 0) is 18.9 Å². The lowest BCUT2D eigenvalue weighted by molar-refractivity contribution is -0.384.